The lowest BCUT2D eigenvalue weighted by Crippen LogP contribution is -2.13. The second-order valence-electron chi connectivity index (χ2n) is 5.43. The van der Waals surface area contributed by atoms with Crippen LogP contribution in [0.3, 0.4) is 0 Å². The number of rotatable bonds is 0. The van der Waals surface area contributed by atoms with Crippen LogP contribution >= 0.6 is 0 Å². The molecule has 5 rings (SSSR count). The van der Waals surface area contributed by atoms with Crippen molar-refractivity contribution in [1.82, 2.24) is 9.38 Å². The molecule has 2 aromatic heterocycles. The zero-order chi connectivity index (χ0) is 14.8. The average Bonchev–Trinajstić information content (AvgIpc) is 2.94. The molecule has 5 aromatic rings. The highest BCUT2D eigenvalue weighted by Gasteiger charge is 2.16. The number of phenolic OH excluding ortho intramolecular Hbond substituents is 1. The van der Waals surface area contributed by atoms with Crippen LogP contribution in [0.4, 0.5) is 0 Å². The number of hydrogen-bond acceptors (Lipinski definition) is 3. The van der Waals surface area contributed by atoms with Crippen LogP contribution < -0.4 is 5.56 Å². The molecule has 0 bridgehead atoms. The summed E-state index contributed by atoms with van der Waals surface area (Å²) in [5, 5.41) is 13.0. The number of para-hydroxylation sites is 2. The van der Waals surface area contributed by atoms with Gasteiger partial charge in [0.15, 0.2) is 0 Å². The largest absolute Gasteiger partial charge is 0.507 e. The quantitative estimate of drug-likeness (QED) is 0.475. The van der Waals surface area contributed by atoms with E-state index in [1.807, 2.05) is 42.5 Å². The Bertz CT molecular complexity index is 1250. The minimum Gasteiger partial charge on any atom is -0.507 e. The van der Waals surface area contributed by atoms with Crippen LogP contribution in [0.2, 0.25) is 0 Å². The van der Waals surface area contributed by atoms with Crippen LogP contribution in [0.25, 0.3) is 38.2 Å². The van der Waals surface area contributed by atoms with E-state index in [0.717, 1.165) is 21.8 Å². The second-order valence-corrected chi connectivity index (χ2v) is 5.43. The van der Waals surface area contributed by atoms with Crippen molar-refractivity contribution in [2.24, 2.45) is 0 Å². The number of hydrogen-bond donors (Lipinski definition) is 1. The fourth-order valence-corrected chi connectivity index (χ4v) is 3.29. The first-order chi connectivity index (χ1) is 10.8. The van der Waals surface area contributed by atoms with Gasteiger partial charge in [-0.1, -0.05) is 30.3 Å². The molecule has 4 nitrogen and oxygen atoms in total. The van der Waals surface area contributed by atoms with E-state index in [4.69, 9.17) is 0 Å². The molecule has 0 aliphatic heterocycles. The lowest BCUT2D eigenvalue weighted by Gasteiger charge is -2.08. The Balaban J connectivity index is 2.25. The Morgan fingerprint density at radius 2 is 1.68 bits per heavy atom. The second kappa shape index (κ2) is 3.74. The van der Waals surface area contributed by atoms with Crippen molar-refractivity contribution in [2.45, 2.75) is 0 Å². The number of phenols is 1. The summed E-state index contributed by atoms with van der Waals surface area (Å²) in [6.45, 7) is 0. The van der Waals surface area contributed by atoms with Crippen molar-refractivity contribution in [3.05, 3.63) is 65.0 Å². The molecule has 0 saturated carbocycles. The molecular formula is C18H10N2O2. The number of imidazole rings is 1. The van der Waals surface area contributed by atoms with Crippen LogP contribution in [-0.2, 0) is 0 Å². The van der Waals surface area contributed by atoms with Gasteiger partial charge in [0.1, 0.15) is 11.4 Å². The summed E-state index contributed by atoms with van der Waals surface area (Å²) in [5.41, 5.74) is 2.13. The fourth-order valence-electron chi connectivity index (χ4n) is 3.29. The van der Waals surface area contributed by atoms with Gasteiger partial charge >= 0.3 is 0 Å². The van der Waals surface area contributed by atoms with Gasteiger partial charge in [0.2, 0.25) is 0 Å². The topological polar surface area (TPSA) is 54.6 Å². The average molecular weight is 286 g/mol. The molecule has 22 heavy (non-hydrogen) atoms. The van der Waals surface area contributed by atoms with Gasteiger partial charge in [-0.2, -0.15) is 0 Å². The van der Waals surface area contributed by atoms with Crippen LogP contribution in [0.5, 0.6) is 5.75 Å². The summed E-state index contributed by atoms with van der Waals surface area (Å²) in [5.74, 6) is 0.179. The first kappa shape index (κ1) is 11.5. The third-order valence-electron chi connectivity index (χ3n) is 4.25. The van der Waals surface area contributed by atoms with E-state index in [1.54, 1.807) is 16.5 Å². The molecule has 3 aromatic carbocycles. The maximum atomic E-state index is 12.9. The zero-order valence-electron chi connectivity index (χ0n) is 11.4. The van der Waals surface area contributed by atoms with Gasteiger partial charge in [-0.05, 0) is 24.3 Å². The Kier molecular flexibility index (Phi) is 1.96. The summed E-state index contributed by atoms with van der Waals surface area (Å²) in [6, 6.07) is 16.5. The van der Waals surface area contributed by atoms with Crippen LogP contribution in [0, 0.1) is 0 Å². The number of aromatic nitrogens is 2. The number of fused-ring (bicyclic) bond motifs is 4. The van der Waals surface area contributed by atoms with Gasteiger partial charge < -0.3 is 5.11 Å². The van der Waals surface area contributed by atoms with E-state index < -0.39 is 0 Å². The highest BCUT2D eigenvalue weighted by Crippen LogP contribution is 2.33. The standard InChI is InChI=1S/C18H10N2O2/c21-15-9-8-12-16-10(15)4-3-5-11(16)17-19-13-6-1-2-7-14(13)20(17)18(12)22/h1-9,21H. The summed E-state index contributed by atoms with van der Waals surface area (Å²) in [7, 11) is 0. The van der Waals surface area contributed by atoms with E-state index in [-0.39, 0.29) is 11.3 Å². The minimum absolute atomic E-state index is 0.104. The van der Waals surface area contributed by atoms with Crippen molar-refractivity contribution in [3.8, 4) is 5.75 Å². The van der Waals surface area contributed by atoms with Crippen molar-refractivity contribution < 1.29 is 5.11 Å². The minimum atomic E-state index is -0.104. The third kappa shape index (κ3) is 1.22. The molecule has 2 heterocycles. The lowest BCUT2D eigenvalue weighted by atomic mass is 10.0. The van der Waals surface area contributed by atoms with Crippen molar-refractivity contribution in [1.29, 1.82) is 0 Å². The van der Waals surface area contributed by atoms with E-state index in [1.165, 1.54) is 0 Å². The molecule has 1 N–H and O–H groups in total. The van der Waals surface area contributed by atoms with E-state index >= 15 is 0 Å². The van der Waals surface area contributed by atoms with Crippen LogP contribution in [0.1, 0.15) is 0 Å². The number of benzene rings is 3. The van der Waals surface area contributed by atoms with Crippen LogP contribution in [0.15, 0.2) is 59.4 Å². The van der Waals surface area contributed by atoms with Crippen molar-refractivity contribution in [2.75, 3.05) is 0 Å². The van der Waals surface area contributed by atoms with Gasteiger partial charge in [-0.15, -0.1) is 0 Å². The highest BCUT2D eigenvalue weighted by atomic mass is 16.3. The highest BCUT2D eigenvalue weighted by molar-refractivity contribution is 6.16. The van der Waals surface area contributed by atoms with Gasteiger partial charge in [-0.3, -0.25) is 9.20 Å². The molecule has 0 radical (unpaired) electrons. The predicted octanol–water partition coefficient (Wildman–Crippen LogP) is 3.30. The number of pyridine rings is 1. The maximum Gasteiger partial charge on any atom is 0.264 e. The van der Waals surface area contributed by atoms with Gasteiger partial charge in [0, 0.05) is 21.5 Å². The molecule has 0 spiro atoms. The zero-order valence-corrected chi connectivity index (χ0v) is 11.4. The molecule has 0 fully saturated rings. The first-order valence-corrected chi connectivity index (χ1v) is 7.03. The molecule has 4 heteroatoms. The van der Waals surface area contributed by atoms with Gasteiger partial charge in [-0.25, -0.2) is 4.98 Å². The SMILES string of the molecule is O=c1c2ccc(O)c3cccc(c32)c2nc3ccccc3n12. The Morgan fingerprint density at radius 1 is 0.864 bits per heavy atom. The molecule has 0 atom stereocenters. The fraction of sp³-hybridized carbons (Fsp3) is 0. The maximum absolute atomic E-state index is 12.9. The van der Waals surface area contributed by atoms with Crippen molar-refractivity contribution in [3.63, 3.8) is 0 Å². The molecular weight excluding hydrogens is 276 g/mol. The van der Waals surface area contributed by atoms with Crippen molar-refractivity contribution >= 4 is 38.2 Å². The molecule has 0 amide bonds. The molecule has 0 aliphatic rings. The van der Waals surface area contributed by atoms with Crippen LogP contribution in [-0.4, -0.2) is 14.5 Å². The predicted molar refractivity (Wildman–Crippen MR) is 86.8 cm³/mol. The van der Waals surface area contributed by atoms with E-state index in [9.17, 15) is 9.90 Å². The summed E-state index contributed by atoms with van der Waals surface area (Å²) >= 11 is 0. The molecule has 104 valence electrons. The smallest absolute Gasteiger partial charge is 0.264 e. The third-order valence-corrected chi connectivity index (χ3v) is 4.25. The molecule has 0 saturated heterocycles. The Hall–Kier alpha value is -3.14. The first-order valence-electron chi connectivity index (χ1n) is 7.03. The lowest BCUT2D eigenvalue weighted by molar-refractivity contribution is 0.482. The summed E-state index contributed by atoms with van der Waals surface area (Å²) in [6.07, 6.45) is 0. The number of aromatic hydroxyl groups is 1. The Labute approximate surface area is 124 Å². The monoisotopic (exact) mass is 286 g/mol. The summed E-state index contributed by atoms with van der Waals surface area (Å²) < 4.78 is 1.66. The summed E-state index contributed by atoms with van der Waals surface area (Å²) in [4.78, 5) is 17.5. The van der Waals surface area contributed by atoms with E-state index in [2.05, 4.69) is 4.98 Å². The number of nitrogens with zero attached hydrogens (tertiary/aromatic N) is 2. The van der Waals surface area contributed by atoms with Gasteiger partial charge in [0.25, 0.3) is 5.56 Å². The Morgan fingerprint density at radius 3 is 2.59 bits per heavy atom. The van der Waals surface area contributed by atoms with Gasteiger partial charge in [0.05, 0.1) is 11.0 Å². The van der Waals surface area contributed by atoms with E-state index in [0.29, 0.717) is 16.4 Å². The molecule has 0 unspecified atom stereocenters. The molecule has 0 aliphatic carbocycles. The normalized spacial score (nSPS) is 12.0.